The molecule has 3 N–H and O–H groups in total. The first-order valence-electron chi connectivity index (χ1n) is 32.9. The number of likely N-dealkylation sites (N-methyl/N-ethyl adjacent to an activating group) is 5. The molecule has 23 heteroatoms. The molecular weight excluding hydrogens is 1150 g/mol. The number of esters is 2. The number of cyclic esters (lactones) is 1. The predicted octanol–water partition coefficient (Wildman–Crippen LogP) is 4.60. The molecule has 502 valence electrons. The van der Waals surface area contributed by atoms with Crippen LogP contribution in [0.4, 0.5) is 0 Å². The zero-order chi connectivity index (χ0) is 66.9. The van der Waals surface area contributed by atoms with Gasteiger partial charge in [0, 0.05) is 48.2 Å². The van der Waals surface area contributed by atoms with Crippen LogP contribution in [0.15, 0.2) is 24.3 Å². The number of hydrogen-bond donors (Lipinski definition) is 3. The molecule has 6 fully saturated rings. The van der Waals surface area contributed by atoms with Crippen molar-refractivity contribution < 1.29 is 67.0 Å². The lowest BCUT2D eigenvalue weighted by molar-refractivity contribution is -0.174. The van der Waals surface area contributed by atoms with Gasteiger partial charge >= 0.3 is 11.9 Å². The molecule has 23 nitrogen and oxygen atoms in total. The van der Waals surface area contributed by atoms with E-state index >= 15 is 14.4 Å². The maximum atomic E-state index is 15.6. The van der Waals surface area contributed by atoms with Crippen LogP contribution in [0.2, 0.25) is 0 Å². The first-order chi connectivity index (χ1) is 42.4. The summed E-state index contributed by atoms with van der Waals surface area (Å²) in [7, 11) is 8.64. The van der Waals surface area contributed by atoms with Crippen molar-refractivity contribution in [2.45, 2.75) is 214 Å². The summed E-state index contributed by atoms with van der Waals surface area (Å²) in [6, 6.07) is -3.42. The van der Waals surface area contributed by atoms with Crippen LogP contribution in [-0.2, 0) is 68.6 Å². The van der Waals surface area contributed by atoms with Gasteiger partial charge in [-0.3, -0.25) is 47.9 Å². The van der Waals surface area contributed by atoms with Crippen LogP contribution < -0.4 is 20.7 Å². The van der Waals surface area contributed by atoms with E-state index in [0.29, 0.717) is 48.8 Å². The summed E-state index contributed by atoms with van der Waals surface area (Å²) >= 11 is 0. The fourth-order valence-corrected chi connectivity index (χ4v) is 14.9. The second-order valence-electron chi connectivity index (χ2n) is 27.6. The van der Waals surface area contributed by atoms with Crippen LogP contribution in [0.1, 0.15) is 152 Å². The van der Waals surface area contributed by atoms with E-state index in [9.17, 15) is 38.4 Å². The molecule has 4 bridgehead atoms. The molecule has 0 aromatic heterocycles. The quantitative estimate of drug-likeness (QED) is 0.228. The van der Waals surface area contributed by atoms with E-state index in [4.69, 9.17) is 14.2 Å². The van der Waals surface area contributed by atoms with Gasteiger partial charge in [-0.25, -0.2) is 4.79 Å². The van der Waals surface area contributed by atoms with E-state index in [0.717, 1.165) is 30.6 Å². The predicted molar refractivity (Wildman–Crippen MR) is 336 cm³/mol. The van der Waals surface area contributed by atoms with E-state index in [-0.39, 0.29) is 37.3 Å². The van der Waals surface area contributed by atoms with Crippen LogP contribution in [0.25, 0.3) is 0 Å². The molecule has 0 unspecified atom stereocenters. The third-order valence-corrected chi connectivity index (χ3v) is 20.2. The number of nitrogens with one attached hydrogen (secondary N) is 3. The molecule has 90 heavy (non-hydrogen) atoms. The lowest BCUT2D eigenvalue weighted by Crippen LogP contribution is -2.63. The highest BCUT2D eigenvalue weighted by Gasteiger charge is 2.51. The summed E-state index contributed by atoms with van der Waals surface area (Å²) in [6.07, 6.45) is 4.59. The first kappa shape index (κ1) is 72.3. The number of methoxy groups -OCH3 is 1. The van der Waals surface area contributed by atoms with Crippen LogP contribution in [0, 0.1) is 53.3 Å². The largest absolute Gasteiger partial charge is 0.497 e. The number of carbonyl (C=O) groups is 11. The Bertz CT molecular complexity index is 2730. The number of fused-ring (bicyclic) bond motifs is 1. The Morgan fingerprint density at radius 2 is 1.13 bits per heavy atom. The smallest absolute Gasteiger partial charge is 0.329 e. The Hall–Kier alpha value is -6.81. The molecule has 4 aliphatic carbocycles. The third kappa shape index (κ3) is 16.6. The zero-order valence-corrected chi connectivity index (χ0v) is 56.6. The lowest BCUT2D eigenvalue weighted by Gasteiger charge is -2.53. The average Bonchev–Trinajstić information content (AvgIpc) is 0.802. The van der Waals surface area contributed by atoms with Crippen molar-refractivity contribution in [3.63, 3.8) is 0 Å². The summed E-state index contributed by atoms with van der Waals surface area (Å²) in [6.45, 7) is 18.5. The molecule has 4 saturated carbocycles. The maximum Gasteiger partial charge on any atom is 0.329 e. The number of carbonyl (C=O) groups excluding carboxylic acids is 11. The molecule has 6 aliphatic rings. The summed E-state index contributed by atoms with van der Waals surface area (Å²) in [5, 5.41) is 8.41. The first-order valence-corrected chi connectivity index (χ1v) is 32.9. The Labute approximate surface area is 533 Å². The minimum absolute atomic E-state index is 0.107. The van der Waals surface area contributed by atoms with Gasteiger partial charge in [0.05, 0.1) is 20.1 Å². The van der Waals surface area contributed by atoms with E-state index in [2.05, 4.69) is 16.0 Å². The van der Waals surface area contributed by atoms with Gasteiger partial charge in [-0.15, -0.1) is 0 Å². The number of nitrogens with zero attached hydrogens (tertiary/aromatic N) is 6. The molecule has 2 aliphatic heterocycles. The molecule has 2 saturated heterocycles. The second-order valence-corrected chi connectivity index (χ2v) is 27.6. The Kier molecular flexibility index (Phi) is 25.3. The fourth-order valence-electron chi connectivity index (χ4n) is 14.9. The van der Waals surface area contributed by atoms with Gasteiger partial charge in [0.1, 0.15) is 60.2 Å². The maximum absolute atomic E-state index is 15.6. The average molecular weight is 1260 g/mol. The fraction of sp³-hybridized carbons (Fsp3) is 0.746. The van der Waals surface area contributed by atoms with Crippen molar-refractivity contribution in [3.8, 4) is 5.75 Å². The van der Waals surface area contributed by atoms with Crippen molar-refractivity contribution >= 4 is 65.1 Å². The Morgan fingerprint density at radius 1 is 0.600 bits per heavy atom. The minimum atomic E-state index is -1.55. The highest BCUT2D eigenvalue weighted by molar-refractivity contribution is 5.99. The normalized spacial score (nSPS) is 31.2. The van der Waals surface area contributed by atoms with Crippen molar-refractivity contribution in [1.29, 1.82) is 0 Å². The molecule has 1 aromatic carbocycles. The molecule has 2 heterocycles. The third-order valence-electron chi connectivity index (χ3n) is 20.2. The summed E-state index contributed by atoms with van der Waals surface area (Å²) in [4.78, 5) is 171. The number of amides is 9. The van der Waals surface area contributed by atoms with E-state index in [1.165, 1.54) is 80.2 Å². The lowest BCUT2D eigenvalue weighted by atomic mass is 9.55. The van der Waals surface area contributed by atoms with Crippen LogP contribution in [0.5, 0.6) is 5.75 Å². The van der Waals surface area contributed by atoms with Gasteiger partial charge in [0.2, 0.25) is 47.3 Å². The summed E-state index contributed by atoms with van der Waals surface area (Å²) in [5.74, 6) is -8.46. The highest BCUT2D eigenvalue weighted by Crippen LogP contribution is 2.54. The van der Waals surface area contributed by atoms with Gasteiger partial charge in [0.25, 0.3) is 5.91 Å². The van der Waals surface area contributed by atoms with Crippen molar-refractivity contribution in [3.05, 3.63) is 29.8 Å². The summed E-state index contributed by atoms with van der Waals surface area (Å²) < 4.78 is 17.6. The highest BCUT2D eigenvalue weighted by atomic mass is 16.6. The molecule has 9 amide bonds. The Balaban J connectivity index is 1.42. The molecule has 11 atom stereocenters. The number of hydrogen-bond acceptors (Lipinski definition) is 14. The van der Waals surface area contributed by atoms with Crippen LogP contribution in [-0.4, -0.2) is 210 Å². The monoisotopic (exact) mass is 1260 g/mol. The van der Waals surface area contributed by atoms with Crippen molar-refractivity contribution in [1.82, 2.24) is 45.3 Å². The number of benzene rings is 1. The van der Waals surface area contributed by atoms with Gasteiger partial charge in [-0.1, -0.05) is 94.2 Å². The number of rotatable bonds is 13. The minimum Gasteiger partial charge on any atom is -0.497 e. The van der Waals surface area contributed by atoms with Gasteiger partial charge in [-0.2, -0.15) is 0 Å². The molecule has 1 aromatic rings. The van der Waals surface area contributed by atoms with Crippen LogP contribution >= 0.6 is 0 Å². The van der Waals surface area contributed by atoms with Gasteiger partial charge < -0.3 is 59.6 Å². The van der Waals surface area contributed by atoms with E-state index in [1.807, 2.05) is 13.8 Å². The van der Waals surface area contributed by atoms with E-state index < -0.39 is 162 Å². The standard InChI is InChI=1S/C67H105N9O14/c1-18-39(9)56-59(79)68-35-51(77)72(13)54(37(5)6)60(80)69-48(33-42-23-25-47(88-17)26-24-42)67(87)89-41(11)62(82)76-27-21-20-22-49(76)63(83)73(14)55(38(7)8)61(81)70-53(36(3)4)65(85)71(12)50(64(84)75(16)57(40(10)19-2)66(86)74(56)15)34-52(78)90-58-45-29-43-28-44(31-45)32-46(58)30-43/h23-26,36-41,43-46,48-50,53-58H,18-22,27-35H2,1-17H3,(H,68,79)(H,69,80)(H,70,81)/t39-,40+,41-,43?,44?,45?,46?,48+,49+,50-,53+,54+,55+,56+,57+,58?/m1/s1. The van der Waals surface area contributed by atoms with Crippen molar-refractivity contribution in [2.24, 2.45) is 53.3 Å². The van der Waals surface area contributed by atoms with E-state index in [1.54, 1.807) is 79.7 Å². The number of piperidine rings is 1. The molecule has 0 radical (unpaired) electrons. The number of ether oxygens (including phenoxy) is 3. The van der Waals surface area contributed by atoms with Gasteiger partial charge in [-0.05, 0) is 129 Å². The SMILES string of the molecule is CC[C@@H](C)[C@H]1C(=O)NCC(=O)N(C)[C@@H](C(C)C)C(=O)N[C@@H](Cc2ccc(OC)cc2)C(=O)O[C@H](C)C(=O)N2CCCC[C@H]2C(=O)N(C)[C@@H](C(C)C)C(=O)N[C@@H](C(C)C)C(=O)N(C)[C@H](CC(=O)OC2C3CC4CC(C3)CC2C4)C(=O)N(C)[C@@H]([C@@H](C)CC)C(=O)N1C. The molecular formula is C67H105N9O14. The second kappa shape index (κ2) is 31.5. The van der Waals surface area contributed by atoms with Crippen LogP contribution in [0.3, 0.4) is 0 Å². The molecule has 0 spiro atoms. The topological polar surface area (TPSA) is 271 Å². The Morgan fingerprint density at radius 3 is 1.68 bits per heavy atom. The summed E-state index contributed by atoms with van der Waals surface area (Å²) in [5.41, 5.74) is 0.591. The molecule has 7 rings (SSSR count). The zero-order valence-electron chi connectivity index (χ0n) is 56.6. The van der Waals surface area contributed by atoms with Crippen molar-refractivity contribution in [2.75, 3.05) is 55.4 Å². The van der Waals surface area contributed by atoms with Gasteiger partial charge in [0.15, 0.2) is 6.10 Å².